The first-order valence-corrected chi connectivity index (χ1v) is 7.18. The van der Waals surface area contributed by atoms with Gasteiger partial charge < -0.3 is 10.1 Å². The van der Waals surface area contributed by atoms with E-state index in [9.17, 15) is 14.4 Å². The minimum Gasteiger partial charge on any atom is -0.456 e. The van der Waals surface area contributed by atoms with E-state index in [0.29, 0.717) is 6.42 Å². The molecule has 0 spiro atoms. The quantitative estimate of drug-likeness (QED) is 0.779. The van der Waals surface area contributed by atoms with Gasteiger partial charge in [0.1, 0.15) is 0 Å². The molecule has 20 heavy (non-hydrogen) atoms. The molecule has 0 bridgehead atoms. The number of rotatable bonds is 6. The second-order valence-corrected chi connectivity index (χ2v) is 5.25. The first kappa shape index (κ1) is 16.2. The highest BCUT2D eigenvalue weighted by Gasteiger charge is 2.11. The van der Waals surface area contributed by atoms with Crippen molar-refractivity contribution in [3.8, 4) is 0 Å². The minimum atomic E-state index is -0.646. The molecule has 1 aromatic rings. The van der Waals surface area contributed by atoms with Gasteiger partial charge in [-0.1, -0.05) is 0 Å². The molecule has 0 radical (unpaired) electrons. The normalized spacial score (nSPS) is 10.2. The molecule has 3 amide bonds. The van der Waals surface area contributed by atoms with Crippen LogP contribution in [0.2, 0.25) is 0 Å². The van der Waals surface area contributed by atoms with Crippen molar-refractivity contribution >= 4 is 29.2 Å². The number of ether oxygens (including phenoxy) is 1. The molecule has 2 N–H and O–H groups in total. The van der Waals surface area contributed by atoms with Crippen molar-refractivity contribution in [1.29, 1.82) is 0 Å². The summed E-state index contributed by atoms with van der Waals surface area (Å²) < 4.78 is 4.78. The van der Waals surface area contributed by atoms with Gasteiger partial charge in [0, 0.05) is 12.5 Å². The molecule has 7 heteroatoms. The van der Waals surface area contributed by atoms with Crippen molar-refractivity contribution in [3.63, 3.8) is 0 Å². The van der Waals surface area contributed by atoms with Crippen molar-refractivity contribution in [1.82, 2.24) is 10.6 Å². The maximum Gasteiger partial charge on any atom is 0.321 e. The Bertz CT molecular complexity index is 457. The molecule has 110 valence electrons. The average Bonchev–Trinajstić information content (AvgIpc) is 2.85. The molecule has 0 atom stereocenters. The molecule has 0 aliphatic carbocycles. The number of carbonyl (C=O) groups is 3. The first-order chi connectivity index (χ1) is 9.47. The molecule has 6 nitrogen and oxygen atoms in total. The van der Waals surface area contributed by atoms with Gasteiger partial charge in [-0.15, -0.1) is 0 Å². The van der Waals surface area contributed by atoms with E-state index in [2.05, 4.69) is 10.6 Å². The third kappa shape index (κ3) is 6.89. The van der Waals surface area contributed by atoms with Crippen LogP contribution in [0.4, 0.5) is 4.79 Å². The lowest BCUT2D eigenvalue weighted by Crippen LogP contribution is -2.44. The molecule has 0 saturated heterocycles. The highest BCUT2D eigenvalue weighted by atomic mass is 32.1. The van der Waals surface area contributed by atoms with Crippen molar-refractivity contribution in [2.75, 3.05) is 6.61 Å². The van der Waals surface area contributed by atoms with Gasteiger partial charge >= 0.3 is 12.0 Å². The summed E-state index contributed by atoms with van der Waals surface area (Å²) in [6, 6.07) is 1.26. The number of hydrogen-bond acceptors (Lipinski definition) is 5. The van der Waals surface area contributed by atoms with Crippen molar-refractivity contribution < 1.29 is 19.1 Å². The molecule has 0 aliphatic rings. The second-order valence-electron chi connectivity index (χ2n) is 4.47. The van der Waals surface area contributed by atoms with E-state index in [4.69, 9.17) is 4.74 Å². The zero-order chi connectivity index (χ0) is 15.0. The number of imide groups is 1. The third-order valence-corrected chi connectivity index (χ3v) is 2.97. The van der Waals surface area contributed by atoms with Crippen LogP contribution in [0.5, 0.6) is 0 Å². The lowest BCUT2D eigenvalue weighted by molar-refractivity contribution is -0.148. The third-order valence-electron chi connectivity index (χ3n) is 2.23. The number of carbonyl (C=O) groups excluding carboxylic acids is 3. The number of thiophene rings is 1. The Kier molecular flexibility index (Phi) is 6.72. The zero-order valence-electron chi connectivity index (χ0n) is 11.5. The Morgan fingerprint density at radius 3 is 2.70 bits per heavy atom. The van der Waals surface area contributed by atoms with Crippen LogP contribution in [0.1, 0.15) is 25.8 Å². The Labute approximate surface area is 121 Å². The van der Waals surface area contributed by atoms with Gasteiger partial charge in [0.05, 0.1) is 0 Å². The van der Waals surface area contributed by atoms with E-state index in [1.807, 2.05) is 16.8 Å². The van der Waals surface area contributed by atoms with Crippen molar-refractivity contribution in [3.05, 3.63) is 22.4 Å². The van der Waals surface area contributed by atoms with E-state index in [-0.39, 0.29) is 12.5 Å². The maximum absolute atomic E-state index is 11.4. The number of urea groups is 1. The Balaban J connectivity index is 2.17. The lowest BCUT2D eigenvalue weighted by Gasteiger charge is -2.09. The number of hydrogen-bond donors (Lipinski definition) is 2. The Hall–Kier alpha value is -1.89. The summed E-state index contributed by atoms with van der Waals surface area (Å²) in [5, 5.41) is 8.45. The van der Waals surface area contributed by atoms with Crippen LogP contribution in [0.25, 0.3) is 0 Å². The van der Waals surface area contributed by atoms with Gasteiger partial charge in [0.15, 0.2) is 6.61 Å². The summed E-state index contributed by atoms with van der Waals surface area (Å²) in [7, 11) is 0. The fourth-order valence-electron chi connectivity index (χ4n) is 1.36. The zero-order valence-corrected chi connectivity index (χ0v) is 12.3. The monoisotopic (exact) mass is 298 g/mol. The maximum atomic E-state index is 11.4. The van der Waals surface area contributed by atoms with Gasteiger partial charge in [-0.05, 0) is 42.7 Å². The van der Waals surface area contributed by atoms with Gasteiger partial charge in [0.2, 0.25) is 0 Å². The predicted molar refractivity (Wildman–Crippen MR) is 75.4 cm³/mol. The molecular formula is C13H18N2O4S. The first-order valence-electron chi connectivity index (χ1n) is 6.24. The average molecular weight is 298 g/mol. The van der Waals surface area contributed by atoms with Crippen molar-refractivity contribution in [2.24, 2.45) is 0 Å². The number of nitrogens with one attached hydrogen (secondary N) is 2. The van der Waals surface area contributed by atoms with E-state index >= 15 is 0 Å². The van der Waals surface area contributed by atoms with Crippen LogP contribution in [0.3, 0.4) is 0 Å². The largest absolute Gasteiger partial charge is 0.456 e. The molecule has 0 saturated carbocycles. The molecule has 0 fully saturated rings. The van der Waals surface area contributed by atoms with E-state index in [1.165, 1.54) is 0 Å². The fourth-order valence-corrected chi connectivity index (χ4v) is 2.06. The molecule has 1 heterocycles. The van der Waals surface area contributed by atoms with E-state index < -0.39 is 24.5 Å². The fraction of sp³-hybridized carbons (Fsp3) is 0.462. The topological polar surface area (TPSA) is 84.5 Å². The molecule has 1 rings (SSSR count). The van der Waals surface area contributed by atoms with Crippen LogP contribution >= 0.6 is 11.3 Å². The second kappa shape index (κ2) is 8.31. The van der Waals surface area contributed by atoms with Crippen LogP contribution < -0.4 is 10.6 Å². The molecule has 1 aromatic heterocycles. The summed E-state index contributed by atoms with van der Waals surface area (Å²) in [5.41, 5.74) is 1.06. The highest BCUT2D eigenvalue weighted by molar-refractivity contribution is 7.07. The van der Waals surface area contributed by atoms with Crippen LogP contribution in [0.15, 0.2) is 16.8 Å². The lowest BCUT2D eigenvalue weighted by atomic mass is 10.2. The molecular weight excluding hydrogens is 280 g/mol. The minimum absolute atomic E-state index is 0.0732. The number of amides is 3. The Morgan fingerprint density at radius 1 is 1.35 bits per heavy atom. The number of aryl methyl sites for hydroxylation is 1. The summed E-state index contributed by atoms with van der Waals surface area (Å²) >= 11 is 1.56. The van der Waals surface area contributed by atoms with Crippen LogP contribution in [0, 0.1) is 0 Å². The van der Waals surface area contributed by atoms with Crippen LogP contribution in [-0.4, -0.2) is 30.6 Å². The summed E-state index contributed by atoms with van der Waals surface area (Å²) in [5.74, 6) is -1.11. The van der Waals surface area contributed by atoms with Gasteiger partial charge in [-0.3, -0.25) is 14.9 Å². The van der Waals surface area contributed by atoms with E-state index in [0.717, 1.165) is 5.56 Å². The summed E-state index contributed by atoms with van der Waals surface area (Å²) in [4.78, 5) is 33.9. The predicted octanol–water partition coefficient (Wildman–Crippen LogP) is 1.46. The SMILES string of the molecule is CC(C)NC(=O)NC(=O)COC(=O)CCc1ccsc1. The number of esters is 1. The standard InChI is InChI=1S/C13H18N2O4S/c1-9(2)14-13(18)15-11(16)7-19-12(17)4-3-10-5-6-20-8-10/h5-6,8-9H,3-4,7H2,1-2H3,(H2,14,15,16,18). The molecule has 0 aromatic carbocycles. The van der Waals surface area contributed by atoms with Gasteiger partial charge in [-0.2, -0.15) is 11.3 Å². The summed E-state index contributed by atoms with van der Waals surface area (Å²) in [6.07, 6.45) is 0.792. The van der Waals surface area contributed by atoms with Gasteiger partial charge in [-0.25, -0.2) is 4.79 Å². The van der Waals surface area contributed by atoms with Crippen molar-refractivity contribution in [2.45, 2.75) is 32.7 Å². The Morgan fingerprint density at radius 2 is 2.10 bits per heavy atom. The van der Waals surface area contributed by atoms with E-state index in [1.54, 1.807) is 25.2 Å². The van der Waals surface area contributed by atoms with Crippen LogP contribution in [-0.2, 0) is 20.7 Å². The smallest absolute Gasteiger partial charge is 0.321 e. The summed E-state index contributed by atoms with van der Waals surface area (Å²) in [6.45, 7) is 3.09. The van der Waals surface area contributed by atoms with Gasteiger partial charge in [0.25, 0.3) is 5.91 Å². The molecule has 0 unspecified atom stereocenters. The highest BCUT2D eigenvalue weighted by Crippen LogP contribution is 2.08. The molecule has 0 aliphatic heterocycles.